The van der Waals surface area contributed by atoms with Gasteiger partial charge in [0.1, 0.15) is 5.82 Å². The molecular formula is C13H15F4NO3. The quantitative estimate of drug-likeness (QED) is 0.725. The number of halogens is 4. The van der Waals surface area contributed by atoms with Crippen molar-refractivity contribution in [1.29, 1.82) is 0 Å². The summed E-state index contributed by atoms with van der Waals surface area (Å²) in [4.78, 5) is 11.9. The van der Waals surface area contributed by atoms with Crippen LogP contribution in [0.1, 0.15) is 29.3 Å². The van der Waals surface area contributed by atoms with Crippen molar-refractivity contribution in [2.75, 3.05) is 13.2 Å². The highest BCUT2D eigenvalue weighted by molar-refractivity contribution is 5.95. The summed E-state index contributed by atoms with van der Waals surface area (Å²) in [5, 5.41) is 20.6. The van der Waals surface area contributed by atoms with Gasteiger partial charge < -0.3 is 15.5 Å². The second kappa shape index (κ2) is 6.40. The van der Waals surface area contributed by atoms with Gasteiger partial charge in [0.15, 0.2) is 0 Å². The molecule has 0 atom stereocenters. The molecule has 21 heavy (non-hydrogen) atoms. The van der Waals surface area contributed by atoms with Gasteiger partial charge in [-0.3, -0.25) is 4.79 Å². The summed E-state index contributed by atoms with van der Waals surface area (Å²) in [5.41, 5.74) is -3.31. The van der Waals surface area contributed by atoms with Gasteiger partial charge in [-0.15, -0.1) is 0 Å². The van der Waals surface area contributed by atoms with E-state index >= 15 is 0 Å². The fourth-order valence-corrected chi connectivity index (χ4v) is 1.64. The first-order valence-electron chi connectivity index (χ1n) is 6.10. The van der Waals surface area contributed by atoms with Crippen LogP contribution in [0.3, 0.4) is 0 Å². The number of carbonyl (C=O) groups is 1. The van der Waals surface area contributed by atoms with Crippen LogP contribution in [0.25, 0.3) is 0 Å². The number of hydrogen-bond donors (Lipinski definition) is 3. The molecule has 0 saturated carbocycles. The predicted molar refractivity (Wildman–Crippen MR) is 66.1 cm³/mol. The van der Waals surface area contributed by atoms with Crippen LogP contribution in [0, 0.1) is 5.82 Å². The van der Waals surface area contributed by atoms with Crippen LogP contribution in [0.2, 0.25) is 0 Å². The maximum absolute atomic E-state index is 13.1. The van der Waals surface area contributed by atoms with Crippen LogP contribution in [0.15, 0.2) is 18.2 Å². The van der Waals surface area contributed by atoms with Crippen molar-refractivity contribution >= 4 is 5.91 Å². The van der Waals surface area contributed by atoms with Crippen LogP contribution in [-0.2, 0) is 6.18 Å². The Morgan fingerprint density at radius 1 is 1.24 bits per heavy atom. The normalized spacial score (nSPS) is 12.3. The Kier molecular flexibility index (Phi) is 5.30. The number of benzene rings is 1. The Labute approximate surface area is 118 Å². The highest BCUT2D eigenvalue weighted by Gasteiger charge is 2.35. The molecule has 0 unspecified atom stereocenters. The van der Waals surface area contributed by atoms with Crippen LogP contribution in [-0.4, -0.2) is 34.9 Å². The van der Waals surface area contributed by atoms with Crippen LogP contribution < -0.4 is 5.32 Å². The number of rotatable bonds is 5. The van der Waals surface area contributed by atoms with Crippen LogP contribution in [0.5, 0.6) is 0 Å². The van der Waals surface area contributed by atoms with E-state index < -0.39 is 47.8 Å². The maximum Gasteiger partial charge on any atom is 0.419 e. The number of nitrogens with one attached hydrogen (secondary N) is 1. The highest BCUT2D eigenvalue weighted by Crippen LogP contribution is 2.32. The van der Waals surface area contributed by atoms with E-state index in [1.165, 1.54) is 0 Å². The standard InChI is InChI=1S/C13H15F4NO3/c1-2-12(6-19,7-20)18-11(21)8-3-4-10(14)9(5-8)13(15,16)17/h3-5,19-20H,2,6-7H2,1H3,(H,18,21). The van der Waals surface area contributed by atoms with Gasteiger partial charge in [0.25, 0.3) is 5.91 Å². The van der Waals surface area contributed by atoms with E-state index in [0.717, 1.165) is 6.07 Å². The van der Waals surface area contributed by atoms with E-state index in [1.54, 1.807) is 6.92 Å². The van der Waals surface area contributed by atoms with E-state index in [0.29, 0.717) is 12.1 Å². The molecule has 3 N–H and O–H groups in total. The number of alkyl halides is 3. The molecule has 8 heteroatoms. The maximum atomic E-state index is 13.1. The van der Waals surface area contributed by atoms with E-state index in [-0.39, 0.29) is 6.42 Å². The molecule has 4 nitrogen and oxygen atoms in total. The fourth-order valence-electron chi connectivity index (χ4n) is 1.64. The van der Waals surface area contributed by atoms with Gasteiger partial charge in [-0.05, 0) is 24.6 Å². The van der Waals surface area contributed by atoms with Crippen molar-refractivity contribution in [1.82, 2.24) is 5.32 Å². The Hall–Kier alpha value is -1.67. The summed E-state index contributed by atoms with van der Waals surface area (Å²) in [7, 11) is 0. The number of amides is 1. The predicted octanol–water partition coefficient (Wildman–Crippen LogP) is 1.71. The smallest absolute Gasteiger partial charge is 0.394 e. The van der Waals surface area contributed by atoms with Crippen molar-refractivity contribution in [3.8, 4) is 0 Å². The largest absolute Gasteiger partial charge is 0.419 e. The van der Waals surface area contributed by atoms with Gasteiger partial charge in [-0.1, -0.05) is 6.92 Å². The molecule has 0 spiro atoms. The lowest BCUT2D eigenvalue weighted by Gasteiger charge is -2.29. The van der Waals surface area contributed by atoms with Crippen molar-refractivity contribution in [2.24, 2.45) is 0 Å². The summed E-state index contributed by atoms with van der Waals surface area (Å²) in [6.07, 6.45) is -4.75. The molecule has 1 rings (SSSR count). The lowest BCUT2D eigenvalue weighted by Crippen LogP contribution is -2.53. The minimum Gasteiger partial charge on any atom is -0.394 e. The third-order valence-electron chi connectivity index (χ3n) is 3.19. The Balaban J connectivity index is 3.09. The monoisotopic (exact) mass is 309 g/mol. The first kappa shape index (κ1) is 17.4. The average molecular weight is 309 g/mol. The van der Waals surface area contributed by atoms with Crippen molar-refractivity contribution in [3.05, 3.63) is 35.1 Å². The zero-order chi connectivity index (χ0) is 16.3. The Morgan fingerprint density at radius 2 is 1.81 bits per heavy atom. The molecule has 0 heterocycles. The molecule has 1 aromatic carbocycles. The van der Waals surface area contributed by atoms with Crippen molar-refractivity contribution < 1.29 is 32.6 Å². The minimum absolute atomic E-state index is 0.166. The third kappa shape index (κ3) is 3.92. The number of hydrogen-bond acceptors (Lipinski definition) is 3. The summed E-state index contributed by atoms with van der Waals surface area (Å²) in [6, 6.07) is 1.83. The van der Waals surface area contributed by atoms with Crippen LogP contribution >= 0.6 is 0 Å². The van der Waals surface area contributed by atoms with Gasteiger partial charge in [-0.25, -0.2) is 4.39 Å². The van der Waals surface area contributed by atoms with Gasteiger partial charge >= 0.3 is 6.18 Å². The SMILES string of the molecule is CCC(CO)(CO)NC(=O)c1ccc(F)c(C(F)(F)F)c1. The summed E-state index contributed by atoms with van der Waals surface area (Å²) in [5.74, 6) is -2.42. The number of carbonyl (C=O) groups excluding carboxylic acids is 1. The van der Waals surface area contributed by atoms with Crippen LogP contribution in [0.4, 0.5) is 17.6 Å². The summed E-state index contributed by atoms with van der Waals surface area (Å²) < 4.78 is 50.9. The Morgan fingerprint density at radius 3 is 2.24 bits per heavy atom. The second-order valence-electron chi connectivity index (χ2n) is 4.60. The molecule has 0 saturated heterocycles. The number of aliphatic hydroxyl groups is 2. The van der Waals surface area contributed by atoms with E-state index in [4.69, 9.17) is 0 Å². The molecule has 1 aromatic rings. The van der Waals surface area contributed by atoms with Gasteiger partial charge in [0.2, 0.25) is 0 Å². The average Bonchev–Trinajstić information content (AvgIpc) is 2.44. The summed E-state index contributed by atoms with van der Waals surface area (Å²) in [6.45, 7) is 0.413. The topological polar surface area (TPSA) is 69.6 Å². The summed E-state index contributed by atoms with van der Waals surface area (Å²) >= 11 is 0. The molecule has 0 fully saturated rings. The van der Waals surface area contributed by atoms with E-state index in [1.807, 2.05) is 0 Å². The number of aliphatic hydroxyl groups excluding tert-OH is 2. The molecule has 118 valence electrons. The molecule has 0 aromatic heterocycles. The first-order chi connectivity index (χ1) is 9.69. The van der Waals surface area contributed by atoms with Crippen molar-refractivity contribution in [3.63, 3.8) is 0 Å². The van der Waals surface area contributed by atoms with Gasteiger partial charge in [0.05, 0.1) is 24.3 Å². The lowest BCUT2D eigenvalue weighted by atomic mass is 9.97. The molecule has 0 bridgehead atoms. The molecule has 0 radical (unpaired) electrons. The third-order valence-corrected chi connectivity index (χ3v) is 3.19. The Bertz CT molecular complexity index is 504. The van der Waals surface area contributed by atoms with Gasteiger partial charge in [0, 0.05) is 5.56 Å². The fraction of sp³-hybridized carbons (Fsp3) is 0.462. The minimum atomic E-state index is -4.92. The van der Waals surface area contributed by atoms with E-state index in [9.17, 15) is 32.6 Å². The zero-order valence-corrected chi connectivity index (χ0v) is 11.2. The molecule has 0 aliphatic heterocycles. The highest BCUT2D eigenvalue weighted by atomic mass is 19.4. The molecular weight excluding hydrogens is 294 g/mol. The van der Waals surface area contributed by atoms with E-state index in [2.05, 4.69) is 5.32 Å². The molecule has 0 aliphatic carbocycles. The van der Waals surface area contributed by atoms with Crippen molar-refractivity contribution in [2.45, 2.75) is 25.1 Å². The zero-order valence-electron chi connectivity index (χ0n) is 11.2. The first-order valence-corrected chi connectivity index (χ1v) is 6.10. The molecule has 1 amide bonds. The molecule has 0 aliphatic rings. The van der Waals surface area contributed by atoms with Gasteiger partial charge in [-0.2, -0.15) is 13.2 Å². The lowest BCUT2D eigenvalue weighted by molar-refractivity contribution is -0.140. The second-order valence-corrected chi connectivity index (χ2v) is 4.60.